The first-order chi connectivity index (χ1) is 16.5. The van der Waals surface area contributed by atoms with Gasteiger partial charge in [-0.25, -0.2) is 0 Å². The highest BCUT2D eigenvalue weighted by Crippen LogP contribution is 2.42. The number of carbonyl (C=O) groups is 2. The topological polar surface area (TPSA) is 58.6 Å². The van der Waals surface area contributed by atoms with Crippen molar-refractivity contribution < 1.29 is 14.3 Å². The number of nitrogens with one attached hydrogen (secondary N) is 1. The second-order valence-corrected chi connectivity index (χ2v) is 9.63. The summed E-state index contributed by atoms with van der Waals surface area (Å²) >= 11 is 1.43. The summed E-state index contributed by atoms with van der Waals surface area (Å²) in [4.78, 5) is 29.4. The monoisotopic (exact) mass is 470 g/mol. The third-order valence-corrected chi connectivity index (χ3v) is 7.48. The van der Waals surface area contributed by atoms with E-state index in [9.17, 15) is 9.59 Å². The van der Waals surface area contributed by atoms with Crippen molar-refractivity contribution in [3.8, 4) is 5.75 Å². The van der Waals surface area contributed by atoms with E-state index in [0.717, 1.165) is 41.2 Å². The number of thioether (sulfide) groups is 1. The molecular weight excluding hydrogens is 444 g/mol. The van der Waals surface area contributed by atoms with Crippen LogP contribution in [-0.4, -0.2) is 26.0 Å². The van der Waals surface area contributed by atoms with Crippen molar-refractivity contribution in [1.29, 1.82) is 0 Å². The number of ether oxygens (including phenoxy) is 1. The quantitative estimate of drug-likeness (QED) is 0.504. The van der Waals surface area contributed by atoms with Gasteiger partial charge in [0.2, 0.25) is 0 Å². The Morgan fingerprint density at radius 1 is 1.12 bits per heavy atom. The zero-order valence-electron chi connectivity index (χ0n) is 19.2. The SMILES string of the molecule is COc1ccc(C=C2Sc3ccc(C(=O)NC4CCCc5ccccc54)cc3N(C)C2=O)cc1. The van der Waals surface area contributed by atoms with Crippen LogP contribution in [0.4, 0.5) is 5.69 Å². The average Bonchev–Trinajstić information content (AvgIpc) is 2.87. The third kappa shape index (κ3) is 4.33. The van der Waals surface area contributed by atoms with Crippen molar-refractivity contribution in [3.63, 3.8) is 0 Å². The minimum Gasteiger partial charge on any atom is -0.497 e. The number of anilines is 1. The molecule has 0 radical (unpaired) electrons. The third-order valence-electron chi connectivity index (χ3n) is 6.41. The molecule has 5 rings (SSSR count). The maximum Gasteiger partial charge on any atom is 0.264 e. The molecule has 5 nitrogen and oxygen atoms in total. The second kappa shape index (κ2) is 9.39. The van der Waals surface area contributed by atoms with Gasteiger partial charge < -0.3 is 15.0 Å². The predicted octanol–water partition coefficient (Wildman–Crippen LogP) is 5.61. The van der Waals surface area contributed by atoms with Crippen LogP contribution < -0.4 is 15.0 Å². The van der Waals surface area contributed by atoms with Crippen LogP contribution in [0.1, 0.15) is 45.9 Å². The van der Waals surface area contributed by atoms with Crippen molar-refractivity contribution in [1.82, 2.24) is 5.32 Å². The molecule has 1 unspecified atom stereocenters. The second-order valence-electron chi connectivity index (χ2n) is 8.55. The lowest BCUT2D eigenvalue weighted by Gasteiger charge is -2.28. The highest BCUT2D eigenvalue weighted by Gasteiger charge is 2.28. The number of rotatable bonds is 4. The molecule has 0 saturated carbocycles. The van der Waals surface area contributed by atoms with Crippen LogP contribution >= 0.6 is 11.8 Å². The first-order valence-corrected chi connectivity index (χ1v) is 12.2. The molecule has 6 heteroatoms. The van der Waals surface area contributed by atoms with Crippen molar-refractivity contribution in [3.05, 3.63) is 93.9 Å². The molecule has 0 fully saturated rings. The van der Waals surface area contributed by atoms with Gasteiger partial charge in [0.25, 0.3) is 11.8 Å². The number of hydrogen-bond donors (Lipinski definition) is 1. The fourth-order valence-electron chi connectivity index (χ4n) is 4.53. The fraction of sp³-hybridized carbons (Fsp3) is 0.214. The van der Waals surface area contributed by atoms with Gasteiger partial charge in [0.15, 0.2) is 0 Å². The molecule has 3 aromatic carbocycles. The molecule has 1 aliphatic heterocycles. The van der Waals surface area contributed by atoms with Gasteiger partial charge in [0.05, 0.1) is 23.7 Å². The van der Waals surface area contributed by atoms with Crippen molar-refractivity contribution >= 4 is 35.3 Å². The molecule has 1 heterocycles. The standard InChI is InChI=1S/C28H26N2O3S/c1-30-24-17-20(27(31)29-23-9-5-7-19-6-3-4-8-22(19)23)12-15-25(24)34-26(28(30)32)16-18-10-13-21(33-2)14-11-18/h3-4,6,8,10-17,23H,5,7,9H2,1-2H3,(H,29,31). The minimum absolute atomic E-state index is 0.0150. The van der Waals surface area contributed by atoms with Crippen molar-refractivity contribution in [2.24, 2.45) is 0 Å². The maximum atomic E-state index is 13.1. The fourth-order valence-corrected chi connectivity index (χ4v) is 5.62. The summed E-state index contributed by atoms with van der Waals surface area (Å²) < 4.78 is 5.21. The molecule has 1 aliphatic carbocycles. The highest BCUT2D eigenvalue weighted by atomic mass is 32.2. The van der Waals surface area contributed by atoms with Crippen LogP contribution in [-0.2, 0) is 11.2 Å². The summed E-state index contributed by atoms with van der Waals surface area (Å²) in [5, 5.41) is 3.20. The number of amides is 2. The Kier molecular flexibility index (Phi) is 6.16. The van der Waals surface area contributed by atoms with Gasteiger partial charge >= 0.3 is 0 Å². The predicted molar refractivity (Wildman–Crippen MR) is 136 cm³/mol. The molecule has 172 valence electrons. The summed E-state index contributed by atoms with van der Waals surface area (Å²) in [6.07, 6.45) is 4.93. The largest absolute Gasteiger partial charge is 0.497 e. The van der Waals surface area contributed by atoms with Crippen LogP contribution in [0.5, 0.6) is 5.75 Å². The van der Waals surface area contributed by atoms with Gasteiger partial charge in [-0.2, -0.15) is 0 Å². The van der Waals surface area contributed by atoms with E-state index in [4.69, 9.17) is 4.74 Å². The van der Waals surface area contributed by atoms with Gasteiger partial charge in [-0.1, -0.05) is 48.2 Å². The molecule has 1 N–H and O–H groups in total. The van der Waals surface area contributed by atoms with Crippen LogP contribution in [0.3, 0.4) is 0 Å². The molecule has 2 amide bonds. The van der Waals surface area contributed by atoms with E-state index >= 15 is 0 Å². The lowest BCUT2D eigenvalue weighted by molar-refractivity contribution is -0.114. The van der Waals surface area contributed by atoms with E-state index in [1.54, 1.807) is 19.1 Å². The van der Waals surface area contributed by atoms with Gasteiger partial charge in [-0.05, 0) is 72.4 Å². The molecule has 2 aliphatic rings. The number of nitrogens with zero attached hydrogens (tertiary/aromatic N) is 1. The molecule has 3 aromatic rings. The number of likely N-dealkylation sites (N-methyl/N-ethyl adjacent to an activating group) is 1. The number of aryl methyl sites for hydroxylation is 1. The molecule has 0 saturated heterocycles. The van der Waals surface area contributed by atoms with Gasteiger partial charge in [0.1, 0.15) is 5.75 Å². The van der Waals surface area contributed by atoms with Crippen molar-refractivity contribution in [2.75, 3.05) is 19.1 Å². The van der Waals surface area contributed by atoms with Crippen LogP contribution in [0.25, 0.3) is 6.08 Å². The zero-order chi connectivity index (χ0) is 23.7. The Bertz CT molecular complexity index is 1280. The Morgan fingerprint density at radius 2 is 1.91 bits per heavy atom. The molecule has 1 atom stereocenters. The average molecular weight is 471 g/mol. The van der Waals surface area contributed by atoms with E-state index in [-0.39, 0.29) is 17.9 Å². The number of carbonyl (C=O) groups excluding carboxylic acids is 2. The van der Waals surface area contributed by atoms with E-state index in [0.29, 0.717) is 10.5 Å². The summed E-state index contributed by atoms with van der Waals surface area (Å²) in [6, 6.07) is 21.5. The van der Waals surface area contributed by atoms with Crippen molar-refractivity contribution in [2.45, 2.75) is 30.2 Å². The summed E-state index contributed by atoms with van der Waals surface area (Å²) in [6.45, 7) is 0. The lowest BCUT2D eigenvalue weighted by Crippen LogP contribution is -2.32. The van der Waals surface area contributed by atoms with Gasteiger partial charge in [0, 0.05) is 17.5 Å². The molecule has 0 spiro atoms. The van der Waals surface area contributed by atoms with Crippen LogP contribution in [0, 0.1) is 0 Å². The van der Waals surface area contributed by atoms with E-state index in [2.05, 4.69) is 17.4 Å². The number of benzene rings is 3. The van der Waals surface area contributed by atoms with E-state index < -0.39 is 0 Å². The summed E-state index contributed by atoms with van der Waals surface area (Å²) in [7, 11) is 3.38. The van der Waals surface area contributed by atoms with E-state index in [1.807, 2.05) is 60.7 Å². The Hall–Kier alpha value is -3.51. The Balaban J connectivity index is 1.36. The van der Waals surface area contributed by atoms with Gasteiger partial charge in [-0.15, -0.1) is 0 Å². The first-order valence-electron chi connectivity index (χ1n) is 11.4. The first kappa shape index (κ1) is 22.3. The Morgan fingerprint density at radius 3 is 2.71 bits per heavy atom. The summed E-state index contributed by atoms with van der Waals surface area (Å²) in [5.41, 5.74) is 4.75. The number of hydrogen-bond acceptors (Lipinski definition) is 4. The molecular formula is C28H26N2O3S. The smallest absolute Gasteiger partial charge is 0.264 e. The van der Waals surface area contributed by atoms with Crippen LogP contribution in [0.15, 0.2) is 76.5 Å². The van der Waals surface area contributed by atoms with Crippen LogP contribution in [0.2, 0.25) is 0 Å². The Labute approximate surface area is 203 Å². The molecule has 0 aromatic heterocycles. The minimum atomic E-state index is -0.116. The van der Waals surface area contributed by atoms with E-state index in [1.165, 1.54) is 22.9 Å². The normalized spacial score (nSPS) is 18.3. The maximum absolute atomic E-state index is 13.1. The highest BCUT2D eigenvalue weighted by molar-refractivity contribution is 8.04. The zero-order valence-corrected chi connectivity index (χ0v) is 20.0. The number of fused-ring (bicyclic) bond motifs is 2. The molecule has 34 heavy (non-hydrogen) atoms. The summed E-state index contributed by atoms with van der Waals surface area (Å²) in [5.74, 6) is 0.566. The molecule has 0 bridgehead atoms. The lowest BCUT2D eigenvalue weighted by atomic mass is 9.87. The van der Waals surface area contributed by atoms with Gasteiger partial charge in [-0.3, -0.25) is 9.59 Å². The number of methoxy groups -OCH3 is 1.